The highest BCUT2D eigenvalue weighted by molar-refractivity contribution is 14.1. The normalized spacial score (nSPS) is 11.3. The molecule has 2 heterocycles. The second-order valence-electron chi connectivity index (χ2n) is 6.38. The van der Waals surface area contributed by atoms with Crippen LogP contribution in [0.3, 0.4) is 0 Å². The molecule has 0 atom stereocenters. The Kier molecular flexibility index (Phi) is 4.70. The van der Waals surface area contributed by atoms with Gasteiger partial charge in [0.25, 0.3) is 5.56 Å². The van der Waals surface area contributed by atoms with E-state index in [2.05, 4.69) is 27.6 Å². The Labute approximate surface area is 173 Å². The Balaban J connectivity index is 2.26. The zero-order valence-corrected chi connectivity index (χ0v) is 17.3. The highest BCUT2D eigenvalue weighted by Crippen LogP contribution is 2.36. The molecule has 0 aliphatic carbocycles. The van der Waals surface area contributed by atoms with Gasteiger partial charge in [-0.2, -0.15) is 0 Å². The van der Waals surface area contributed by atoms with E-state index >= 15 is 0 Å². The van der Waals surface area contributed by atoms with Crippen LogP contribution in [0.15, 0.2) is 47.3 Å². The molecule has 28 heavy (non-hydrogen) atoms. The van der Waals surface area contributed by atoms with Gasteiger partial charge in [-0.1, -0.05) is 12.1 Å². The van der Waals surface area contributed by atoms with Crippen molar-refractivity contribution in [3.05, 3.63) is 67.8 Å². The van der Waals surface area contributed by atoms with Crippen molar-refractivity contribution in [1.82, 2.24) is 9.55 Å². The van der Waals surface area contributed by atoms with Crippen LogP contribution in [0.1, 0.15) is 12.5 Å². The van der Waals surface area contributed by atoms with Gasteiger partial charge in [0, 0.05) is 20.1 Å². The van der Waals surface area contributed by atoms with Crippen LogP contribution in [0.25, 0.3) is 33.1 Å². The first-order valence-electron chi connectivity index (χ1n) is 8.72. The molecule has 0 bridgehead atoms. The number of ether oxygens (including phenoxy) is 1. The predicted molar refractivity (Wildman–Crippen MR) is 115 cm³/mol. The van der Waals surface area contributed by atoms with E-state index in [9.17, 15) is 14.0 Å². The number of aromatic amines is 1. The Morgan fingerprint density at radius 3 is 2.75 bits per heavy atom. The van der Waals surface area contributed by atoms with Gasteiger partial charge < -0.3 is 9.72 Å². The molecule has 5 nitrogen and oxygen atoms in total. The molecule has 0 aliphatic rings. The summed E-state index contributed by atoms with van der Waals surface area (Å²) >= 11 is 2.20. The second-order valence-corrected chi connectivity index (χ2v) is 7.63. The number of rotatable bonds is 2. The van der Waals surface area contributed by atoms with Crippen LogP contribution < -0.4 is 5.56 Å². The topological polar surface area (TPSA) is 64.1 Å². The minimum atomic E-state index is -0.576. The Bertz CT molecular complexity index is 1310. The van der Waals surface area contributed by atoms with E-state index in [1.165, 1.54) is 22.8 Å². The summed E-state index contributed by atoms with van der Waals surface area (Å²) in [5.74, 6) is -0.451. The quantitative estimate of drug-likeness (QED) is 0.393. The molecule has 0 saturated carbocycles. The standard InChI is InChI=1S/C21H16FIN2O3/c1-3-28-21(27)25-16-8-7-13(22)10-15(16)18-19(25)17(11(2)20(26)24-18)12-5-4-6-14(23)9-12/h4-10H,3H2,1-2H3,(H,24,26). The van der Waals surface area contributed by atoms with E-state index < -0.39 is 11.9 Å². The first-order valence-corrected chi connectivity index (χ1v) is 9.80. The molecule has 0 unspecified atom stereocenters. The smallest absolute Gasteiger partial charge is 0.419 e. The molecule has 4 rings (SSSR count). The first-order chi connectivity index (χ1) is 13.4. The molecular weight excluding hydrogens is 474 g/mol. The number of H-pyrrole nitrogens is 1. The van der Waals surface area contributed by atoms with Crippen LogP contribution in [0.2, 0.25) is 0 Å². The number of carbonyl (C=O) groups excluding carboxylic acids is 1. The summed E-state index contributed by atoms with van der Waals surface area (Å²) in [5, 5.41) is 0.451. The van der Waals surface area contributed by atoms with Gasteiger partial charge in [-0.25, -0.2) is 13.8 Å². The van der Waals surface area contributed by atoms with Crippen molar-refractivity contribution in [3.8, 4) is 11.1 Å². The molecule has 142 valence electrons. The first kappa shape index (κ1) is 18.7. The lowest BCUT2D eigenvalue weighted by Gasteiger charge is -2.12. The largest absolute Gasteiger partial charge is 0.449 e. The van der Waals surface area contributed by atoms with Crippen LogP contribution in [-0.4, -0.2) is 22.3 Å². The van der Waals surface area contributed by atoms with E-state index in [0.717, 1.165) is 9.13 Å². The number of aromatic nitrogens is 2. The minimum absolute atomic E-state index is 0.197. The third-order valence-corrected chi connectivity index (χ3v) is 5.35. The maximum Gasteiger partial charge on any atom is 0.419 e. The van der Waals surface area contributed by atoms with Gasteiger partial charge in [-0.05, 0) is 72.3 Å². The number of carbonyl (C=O) groups is 1. The lowest BCUT2D eigenvalue weighted by molar-refractivity contribution is 0.156. The molecule has 1 N–H and O–H groups in total. The lowest BCUT2D eigenvalue weighted by atomic mass is 10.0. The van der Waals surface area contributed by atoms with Gasteiger partial charge in [-0.3, -0.25) is 4.79 Å². The van der Waals surface area contributed by atoms with Gasteiger partial charge in [0.2, 0.25) is 0 Å². The predicted octanol–water partition coefficient (Wildman–Crippen LogP) is 5.21. The summed E-state index contributed by atoms with van der Waals surface area (Å²) in [7, 11) is 0. The summed E-state index contributed by atoms with van der Waals surface area (Å²) in [6, 6.07) is 11.8. The highest BCUT2D eigenvalue weighted by atomic mass is 127. The SMILES string of the molecule is CCOC(=O)n1c2ccc(F)cc2c2[nH]c(=O)c(C)c(-c3cccc(I)c3)c21. The number of pyridine rings is 1. The molecule has 0 saturated heterocycles. The molecule has 4 aromatic rings. The summed E-state index contributed by atoms with van der Waals surface area (Å²) in [4.78, 5) is 28.3. The fourth-order valence-corrected chi connectivity index (χ4v) is 4.04. The minimum Gasteiger partial charge on any atom is -0.449 e. The van der Waals surface area contributed by atoms with Gasteiger partial charge in [0.15, 0.2) is 0 Å². The number of fused-ring (bicyclic) bond motifs is 3. The molecule has 0 aliphatic heterocycles. The maximum atomic E-state index is 14.0. The number of hydrogen-bond donors (Lipinski definition) is 1. The summed E-state index contributed by atoms with van der Waals surface area (Å²) < 4.78 is 21.6. The number of nitrogens with one attached hydrogen (secondary N) is 1. The number of halogens is 2. The lowest BCUT2D eigenvalue weighted by Crippen LogP contribution is -2.16. The summed E-state index contributed by atoms with van der Waals surface area (Å²) in [6.45, 7) is 3.63. The van der Waals surface area contributed by atoms with Gasteiger partial charge in [0.05, 0.1) is 23.2 Å². The molecule has 0 fully saturated rings. The van der Waals surface area contributed by atoms with Crippen molar-refractivity contribution < 1.29 is 13.9 Å². The van der Waals surface area contributed by atoms with Crippen molar-refractivity contribution in [2.24, 2.45) is 0 Å². The molecular formula is C21H16FIN2O3. The fraction of sp³-hybridized carbons (Fsp3) is 0.143. The van der Waals surface area contributed by atoms with E-state index in [1.54, 1.807) is 13.8 Å². The van der Waals surface area contributed by atoms with Crippen molar-refractivity contribution in [2.75, 3.05) is 6.61 Å². The zero-order chi connectivity index (χ0) is 20.0. The van der Waals surface area contributed by atoms with Crippen LogP contribution in [0.4, 0.5) is 9.18 Å². The summed E-state index contributed by atoms with van der Waals surface area (Å²) in [6.07, 6.45) is -0.576. The van der Waals surface area contributed by atoms with E-state index in [0.29, 0.717) is 33.1 Å². The van der Waals surface area contributed by atoms with Gasteiger partial charge >= 0.3 is 6.09 Å². The molecule has 2 aromatic carbocycles. The van der Waals surface area contributed by atoms with Crippen LogP contribution in [0.5, 0.6) is 0 Å². The second kappa shape index (κ2) is 7.05. The zero-order valence-electron chi connectivity index (χ0n) is 15.2. The number of nitrogens with zero attached hydrogens (tertiary/aromatic N) is 1. The number of hydrogen-bond acceptors (Lipinski definition) is 3. The van der Waals surface area contributed by atoms with E-state index in [1.807, 2.05) is 24.3 Å². The van der Waals surface area contributed by atoms with Crippen LogP contribution in [-0.2, 0) is 4.74 Å². The third kappa shape index (κ3) is 2.90. The van der Waals surface area contributed by atoms with Gasteiger partial charge in [0.1, 0.15) is 5.82 Å². The molecule has 7 heteroatoms. The molecule has 0 spiro atoms. The average molecular weight is 490 g/mol. The third-order valence-electron chi connectivity index (χ3n) is 4.68. The Hall–Kier alpha value is -2.68. The molecule has 2 aromatic heterocycles. The van der Waals surface area contributed by atoms with Crippen LogP contribution in [0, 0.1) is 16.3 Å². The number of benzene rings is 2. The Morgan fingerprint density at radius 2 is 2.04 bits per heavy atom. The highest BCUT2D eigenvalue weighted by Gasteiger charge is 2.23. The fourth-order valence-electron chi connectivity index (χ4n) is 3.50. The average Bonchev–Trinajstić information content (AvgIpc) is 2.96. The molecule has 0 amide bonds. The van der Waals surface area contributed by atoms with Crippen LogP contribution >= 0.6 is 22.6 Å². The van der Waals surface area contributed by atoms with Crippen molar-refractivity contribution in [3.63, 3.8) is 0 Å². The molecule has 0 radical (unpaired) electrons. The van der Waals surface area contributed by atoms with E-state index in [-0.39, 0.29) is 12.2 Å². The van der Waals surface area contributed by atoms with E-state index in [4.69, 9.17) is 4.74 Å². The monoisotopic (exact) mass is 490 g/mol. The van der Waals surface area contributed by atoms with Crippen molar-refractivity contribution in [1.29, 1.82) is 0 Å². The van der Waals surface area contributed by atoms with Crippen molar-refractivity contribution >= 4 is 50.6 Å². The summed E-state index contributed by atoms with van der Waals surface area (Å²) in [5.41, 5.74) is 3.00. The maximum absolute atomic E-state index is 14.0. The van der Waals surface area contributed by atoms with Crippen molar-refractivity contribution in [2.45, 2.75) is 13.8 Å². The Morgan fingerprint density at radius 1 is 1.25 bits per heavy atom. The van der Waals surface area contributed by atoms with Gasteiger partial charge in [-0.15, -0.1) is 0 Å².